The SMILES string of the molecule is CC1(C)C(=O)Nc2ccccc2N1C(=O)Cn1nnc2ccccc21. The Hall–Kier alpha value is -3.22. The lowest BCUT2D eigenvalue weighted by atomic mass is 9.96. The van der Waals surface area contributed by atoms with Crippen LogP contribution in [0.15, 0.2) is 48.5 Å². The summed E-state index contributed by atoms with van der Waals surface area (Å²) < 4.78 is 1.56. The van der Waals surface area contributed by atoms with E-state index in [9.17, 15) is 9.59 Å². The van der Waals surface area contributed by atoms with Crippen LogP contribution in [-0.4, -0.2) is 32.3 Å². The van der Waals surface area contributed by atoms with Crippen molar-refractivity contribution in [2.24, 2.45) is 0 Å². The molecule has 126 valence electrons. The van der Waals surface area contributed by atoms with Crippen LogP contribution in [0.1, 0.15) is 13.8 Å². The van der Waals surface area contributed by atoms with Gasteiger partial charge in [-0.25, -0.2) is 4.68 Å². The predicted octanol–water partition coefficient (Wildman–Crippen LogP) is 2.20. The summed E-state index contributed by atoms with van der Waals surface area (Å²) in [6, 6.07) is 14.7. The summed E-state index contributed by atoms with van der Waals surface area (Å²) in [5.41, 5.74) is 1.82. The average Bonchev–Trinajstić information content (AvgIpc) is 2.99. The van der Waals surface area contributed by atoms with Crippen LogP contribution in [0.25, 0.3) is 11.0 Å². The number of para-hydroxylation sites is 3. The highest BCUT2D eigenvalue weighted by molar-refractivity contribution is 6.14. The predicted molar refractivity (Wildman–Crippen MR) is 94.2 cm³/mol. The minimum atomic E-state index is -0.998. The quantitative estimate of drug-likeness (QED) is 0.778. The summed E-state index contributed by atoms with van der Waals surface area (Å²) in [4.78, 5) is 27.1. The molecule has 3 aromatic rings. The third kappa shape index (κ3) is 2.36. The van der Waals surface area contributed by atoms with Gasteiger partial charge in [0.1, 0.15) is 17.6 Å². The molecular weight excluding hydrogens is 318 g/mol. The lowest BCUT2D eigenvalue weighted by Gasteiger charge is -2.42. The van der Waals surface area contributed by atoms with Crippen LogP contribution >= 0.6 is 0 Å². The van der Waals surface area contributed by atoms with Crippen LogP contribution < -0.4 is 10.2 Å². The summed E-state index contributed by atoms with van der Waals surface area (Å²) in [5, 5.41) is 11.0. The topological polar surface area (TPSA) is 80.1 Å². The first-order valence-electron chi connectivity index (χ1n) is 8.00. The fourth-order valence-electron chi connectivity index (χ4n) is 3.13. The zero-order chi connectivity index (χ0) is 17.6. The normalized spacial score (nSPS) is 15.8. The molecule has 0 atom stereocenters. The fourth-order valence-corrected chi connectivity index (χ4v) is 3.13. The lowest BCUT2D eigenvalue weighted by Crippen LogP contribution is -2.59. The number of aromatic nitrogens is 3. The summed E-state index contributed by atoms with van der Waals surface area (Å²) in [5.74, 6) is -0.439. The molecule has 0 radical (unpaired) electrons. The van der Waals surface area contributed by atoms with Crippen LogP contribution in [0, 0.1) is 0 Å². The largest absolute Gasteiger partial charge is 0.322 e. The van der Waals surface area contributed by atoms with E-state index in [1.807, 2.05) is 42.5 Å². The first-order chi connectivity index (χ1) is 12.0. The molecule has 0 fully saturated rings. The first kappa shape index (κ1) is 15.3. The number of amides is 2. The van der Waals surface area contributed by atoms with Crippen molar-refractivity contribution in [1.29, 1.82) is 0 Å². The molecule has 7 heteroatoms. The first-order valence-corrected chi connectivity index (χ1v) is 8.00. The molecule has 25 heavy (non-hydrogen) atoms. The van der Waals surface area contributed by atoms with E-state index in [0.717, 1.165) is 11.0 Å². The van der Waals surface area contributed by atoms with Gasteiger partial charge in [0.15, 0.2) is 0 Å². The van der Waals surface area contributed by atoms with Gasteiger partial charge in [-0.1, -0.05) is 29.5 Å². The molecule has 2 heterocycles. The molecule has 2 amide bonds. The molecule has 0 saturated carbocycles. The Balaban J connectivity index is 1.74. The Morgan fingerprint density at radius 2 is 1.84 bits per heavy atom. The molecule has 1 aliphatic heterocycles. The van der Waals surface area contributed by atoms with Gasteiger partial charge in [0.25, 0.3) is 0 Å². The number of hydrogen-bond donors (Lipinski definition) is 1. The molecule has 1 N–H and O–H groups in total. The van der Waals surface area contributed by atoms with Crippen molar-refractivity contribution in [3.63, 3.8) is 0 Å². The maximum atomic E-state index is 13.1. The molecule has 0 saturated heterocycles. The molecule has 0 bridgehead atoms. The summed E-state index contributed by atoms with van der Waals surface area (Å²) >= 11 is 0. The number of rotatable bonds is 2. The highest BCUT2D eigenvalue weighted by Gasteiger charge is 2.43. The molecule has 7 nitrogen and oxygen atoms in total. The zero-order valence-corrected chi connectivity index (χ0v) is 13.9. The van der Waals surface area contributed by atoms with Gasteiger partial charge >= 0.3 is 0 Å². The average molecular weight is 335 g/mol. The molecule has 0 aliphatic carbocycles. The van der Waals surface area contributed by atoms with Crippen molar-refractivity contribution in [2.45, 2.75) is 25.9 Å². The highest BCUT2D eigenvalue weighted by atomic mass is 16.2. The standard InChI is InChI=1S/C18H17N5O2/c1-18(2)17(25)19-12-7-3-6-10-15(12)23(18)16(24)11-22-14-9-5-4-8-13(14)20-21-22/h3-10H,11H2,1-2H3,(H,19,25). The van der Waals surface area contributed by atoms with Crippen molar-refractivity contribution in [3.8, 4) is 0 Å². The summed E-state index contributed by atoms with van der Waals surface area (Å²) in [6.45, 7) is 3.47. The number of anilines is 2. The third-order valence-electron chi connectivity index (χ3n) is 4.46. The van der Waals surface area contributed by atoms with Gasteiger partial charge in [-0.15, -0.1) is 5.10 Å². The number of hydrogen-bond acceptors (Lipinski definition) is 4. The maximum absolute atomic E-state index is 13.1. The number of fused-ring (bicyclic) bond motifs is 2. The number of nitrogens with zero attached hydrogens (tertiary/aromatic N) is 4. The summed E-state index contributed by atoms with van der Waals surface area (Å²) in [6.07, 6.45) is 0. The van der Waals surface area contributed by atoms with Gasteiger partial charge in [0.2, 0.25) is 11.8 Å². The third-order valence-corrected chi connectivity index (χ3v) is 4.46. The van der Waals surface area contributed by atoms with Crippen molar-refractivity contribution < 1.29 is 9.59 Å². The van der Waals surface area contributed by atoms with Crippen LogP contribution in [-0.2, 0) is 16.1 Å². The van der Waals surface area contributed by atoms with Crippen LogP contribution in [0.3, 0.4) is 0 Å². The number of carbonyl (C=O) groups excluding carboxylic acids is 2. The van der Waals surface area contributed by atoms with Crippen molar-refractivity contribution in [1.82, 2.24) is 15.0 Å². The van der Waals surface area contributed by atoms with E-state index in [4.69, 9.17) is 0 Å². The van der Waals surface area contributed by atoms with Gasteiger partial charge in [0, 0.05) is 0 Å². The van der Waals surface area contributed by atoms with Gasteiger partial charge in [-0.05, 0) is 38.1 Å². The van der Waals surface area contributed by atoms with Gasteiger partial charge in [-0.3, -0.25) is 14.5 Å². The molecule has 1 aromatic heterocycles. The van der Waals surface area contributed by atoms with Gasteiger partial charge in [-0.2, -0.15) is 0 Å². The summed E-state index contributed by atoms with van der Waals surface area (Å²) in [7, 11) is 0. The second kappa shape index (κ2) is 5.41. The molecule has 4 rings (SSSR count). The van der Waals surface area contributed by atoms with Crippen LogP contribution in [0.5, 0.6) is 0 Å². The van der Waals surface area contributed by atoms with Gasteiger partial charge < -0.3 is 5.32 Å². The molecule has 2 aromatic carbocycles. The molecule has 1 aliphatic rings. The number of nitrogens with one attached hydrogen (secondary N) is 1. The number of benzene rings is 2. The van der Waals surface area contributed by atoms with Crippen LogP contribution in [0.4, 0.5) is 11.4 Å². The highest BCUT2D eigenvalue weighted by Crippen LogP contribution is 2.36. The van der Waals surface area contributed by atoms with Crippen LogP contribution in [0.2, 0.25) is 0 Å². The fraction of sp³-hybridized carbons (Fsp3) is 0.222. The molecule has 0 spiro atoms. The zero-order valence-electron chi connectivity index (χ0n) is 13.9. The van der Waals surface area contributed by atoms with Crippen molar-refractivity contribution in [2.75, 3.05) is 10.2 Å². The minimum Gasteiger partial charge on any atom is -0.322 e. The maximum Gasteiger partial charge on any atom is 0.250 e. The van der Waals surface area contributed by atoms with Crippen molar-refractivity contribution >= 4 is 34.2 Å². The van der Waals surface area contributed by atoms with E-state index < -0.39 is 5.54 Å². The Labute approximate surface area is 144 Å². The van der Waals surface area contributed by atoms with E-state index in [-0.39, 0.29) is 18.4 Å². The molecular formula is C18H17N5O2. The van der Waals surface area contributed by atoms with E-state index in [2.05, 4.69) is 15.6 Å². The number of carbonyl (C=O) groups is 2. The smallest absolute Gasteiger partial charge is 0.250 e. The monoisotopic (exact) mass is 335 g/mol. The van der Waals surface area contributed by atoms with E-state index >= 15 is 0 Å². The van der Waals surface area contributed by atoms with Crippen molar-refractivity contribution in [3.05, 3.63) is 48.5 Å². The lowest BCUT2D eigenvalue weighted by molar-refractivity contribution is -0.126. The Kier molecular flexibility index (Phi) is 3.31. The van der Waals surface area contributed by atoms with E-state index in [1.54, 1.807) is 24.6 Å². The minimum absolute atomic E-state index is 0.00551. The second-order valence-electron chi connectivity index (χ2n) is 6.50. The Morgan fingerprint density at radius 3 is 2.68 bits per heavy atom. The van der Waals surface area contributed by atoms with Gasteiger partial charge in [0.05, 0.1) is 16.9 Å². The van der Waals surface area contributed by atoms with E-state index in [0.29, 0.717) is 11.4 Å². The molecule has 0 unspecified atom stereocenters. The second-order valence-corrected chi connectivity index (χ2v) is 6.50. The van der Waals surface area contributed by atoms with E-state index in [1.165, 1.54) is 4.90 Å². The Bertz CT molecular complexity index is 992. The Morgan fingerprint density at radius 1 is 1.12 bits per heavy atom.